The zero-order valence-electron chi connectivity index (χ0n) is 11.1. The SMILES string of the molecule is Cc1ccc(-c2nc(C)c3c(n2)CNCC3)cc1F. The lowest BCUT2D eigenvalue weighted by Gasteiger charge is -2.18. The fourth-order valence-corrected chi connectivity index (χ4v) is 2.41. The summed E-state index contributed by atoms with van der Waals surface area (Å²) in [6.45, 7) is 5.48. The molecule has 0 aliphatic carbocycles. The first-order valence-corrected chi connectivity index (χ1v) is 6.49. The van der Waals surface area contributed by atoms with Crippen LogP contribution in [0.25, 0.3) is 11.4 Å². The number of hydrogen-bond acceptors (Lipinski definition) is 3. The maximum Gasteiger partial charge on any atom is 0.159 e. The summed E-state index contributed by atoms with van der Waals surface area (Å²) in [6, 6.07) is 5.14. The number of hydrogen-bond donors (Lipinski definition) is 1. The molecular weight excluding hydrogens is 241 g/mol. The largest absolute Gasteiger partial charge is 0.311 e. The maximum absolute atomic E-state index is 13.6. The van der Waals surface area contributed by atoms with Crippen molar-refractivity contribution in [2.45, 2.75) is 26.8 Å². The normalized spacial score (nSPS) is 14.3. The van der Waals surface area contributed by atoms with E-state index in [1.54, 1.807) is 13.0 Å². The highest BCUT2D eigenvalue weighted by molar-refractivity contribution is 5.56. The lowest BCUT2D eigenvalue weighted by molar-refractivity contribution is 0.616. The van der Waals surface area contributed by atoms with Crippen molar-refractivity contribution in [3.8, 4) is 11.4 Å². The molecule has 19 heavy (non-hydrogen) atoms. The predicted octanol–water partition coefficient (Wildman–Crippen LogP) is 2.55. The van der Waals surface area contributed by atoms with E-state index >= 15 is 0 Å². The van der Waals surface area contributed by atoms with Gasteiger partial charge in [0.05, 0.1) is 5.69 Å². The summed E-state index contributed by atoms with van der Waals surface area (Å²) < 4.78 is 13.6. The summed E-state index contributed by atoms with van der Waals surface area (Å²) in [4.78, 5) is 9.10. The van der Waals surface area contributed by atoms with Crippen LogP contribution in [0, 0.1) is 19.7 Å². The number of benzene rings is 1. The van der Waals surface area contributed by atoms with Crippen molar-refractivity contribution in [1.29, 1.82) is 0 Å². The van der Waals surface area contributed by atoms with Crippen LogP contribution in [0.15, 0.2) is 18.2 Å². The number of rotatable bonds is 1. The highest BCUT2D eigenvalue weighted by Gasteiger charge is 2.16. The van der Waals surface area contributed by atoms with Gasteiger partial charge in [-0.1, -0.05) is 12.1 Å². The summed E-state index contributed by atoms with van der Waals surface area (Å²) in [5.41, 5.74) is 4.65. The van der Waals surface area contributed by atoms with E-state index in [1.807, 2.05) is 13.0 Å². The van der Waals surface area contributed by atoms with E-state index in [2.05, 4.69) is 15.3 Å². The third-order valence-electron chi connectivity index (χ3n) is 3.57. The van der Waals surface area contributed by atoms with Gasteiger partial charge in [0.15, 0.2) is 5.82 Å². The monoisotopic (exact) mass is 257 g/mol. The lowest BCUT2D eigenvalue weighted by Crippen LogP contribution is -2.26. The van der Waals surface area contributed by atoms with Crippen LogP contribution in [-0.2, 0) is 13.0 Å². The lowest BCUT2D eigenvalue weighted by atomic mass is 10.0. The van der Waals surface area contributed by atoms with E-state index in [0.29, 0.717) is 11.4 Å². The molecule has 0 spiro atoms. The third-order valence-corrected chi connectivity index (χ3v) is 3.57. The summed E-state index contributed by atoms with van der Waals surface area (Å²) in [6.07, 6.45) is 0.962. The highest BCUT2D eigenvalue weighted by atomic mass is 19.1. The first-order valence-electron chi connectivity index (χ1n) is 6.49. The van der Waals surface area contributed by atoms with Crippen LogP contribution in [0.5, 0.6) is 0 Å². The van der Waals surface area contributed by atoms with Crippen molar-refractivity contribution in [3.05, 3.63) is 46.5 Å². The van der Waals surface area contributed by atoms with E-state index < -0.39 is 0 Å². The number of fused-ring (bicyclic) bond motifs is 1. The maximum atomic E-state index is 13.6. The molecule has 0 amide bonds. The van der Waals surface area contributed by atoms with E-state index in [9.17, 15) is 4.39 Å². The zero-order chi connectivity index (χ0) is 13.4. The number of halogens is 1. The quantitative estimate of drug-likeness (QED) is 0.853. The van der Waals surface area contributed by atoms with Crippen LogP contribution in [0.4, 0.5) is 4.39 Å². The van der Waals surface area contributed by atoms with Gasteiger partial charge in [0, 0.05) is 17.8 Å². The van der Waals surface area contributed by atoms with Crippen molar-refractivity contribution >= 4 is 0 Å². The molecule has 0 radical (unpaired) electrons. The second-order valence-electron chi connectivity index (χ2n) is 4.95. The molecule has 1 aromatic carbocycles. The minimum absolute atomic E-state index is 0.213. The minimum Gasteiger partial charge on any atom is -0.311 e. The van der Waals surface area contributed by atoms with Gasteiger partial charge in [-0.3, -0.25) is 0 Å². The Bertz CT molecular complexity index is 638. The molecule has 0 saturated carbocycles. The molecule has 0 saturated heterocycles. The van der Waals surface area contributed by atoms with Gasteiger partial charge in [-0.25, -0.2) is 14.4 Å². The molecule has 3 nitrogen and oxygen atoms in total. The molecule has 0 bridgehead atoms. The number of aryl methyl sites for hydroxylation is 2. The Morgan fingerprint density at radius 2 is 2.05 bits per heavy atom. The second-order valence-corrected chi connectivity index (χ2v) is 4.95. The summed E-state index contributed by atoms with van der Waals surface area (Å²) in [5.74, 6) is 0.397. The Morgan fingerprint density at radius 3 is 2.84 bits per heavy atom. The first-order chi connectivity index (χ1) is 9.15. The van der Waals surface area contributed by atoms with Gasteiger partial charge >= 0.3 is 0 Å². The van der Waals surface area contributed by atoms with E-state index in [-0.39, 0.29) is 5.82 Å². The number of aromatic nitrogens is 2. The Hall–Kier alpha value is -1.81. The van der Waals surface area contributed by atoms with Crippen LogP contribution in [-0.4, -0.2) is 16.5 Å². The molecule has 0 unspecified atom stereocenters. The Morgan fingerprint density at radius 1 is 1.21 bits per heavy atom. The van der Waals surface area contributed by atoms with Crippen molar-refractivity contribution < 1.29 is 4.39 Å². The van der Waals surface area contributed by atoms with Gasteiger partial charge in [-0.15, -0.1) is 0 Å². The number of nitrogens with zero attached hydrogens (tertiary/aromatic N) is 2. The van der Waals surface area contributed by atoms with Crippen LogP contribution >= 0.6 is 0 Å². The Balaban J connectivity index is 2.10. The Labute approximate surface area is 111 Å². The van der Waals surface area contributed by atoms with Gasteiger partial charge in [0.1, 0.15) is 5.82 Å². The first kappa shape index (κ1) is 12.2. The standard InChI is InChI=1S/C15H16FN3/c1-9-3-4-11(7-13(9)16)15-18-10(2)12-5-6-17-8-14(12)19-15/h3-4,7,17H,5-6,8H2,1-2H3. The topological polar surface area (TPSA) is 37.8 Å². The molecule has 0 atom stereocenters. The fraction of sp³-hybridized carbons (Fsp3) is 0.333. The van der Waals surface area contributed by atoms with Crippen LogP contribution in [0.1, 0.15) is 22.5 Å². The molecule has 2 aromatic rings. The van der Waals surface area contributed by atoms with Crippen LogP contribution in [0.2, 0.25) is 0 Å². The summed E-state index contributed by atoms with van der Waals surface area (Å²) >= 11 is 0. The van der Waals surface area contributed by atoms with E-state index in [0.717, 1.165) is 36.5 Å². The molecule has 1 aliphatic heterocycles. The van der Waals surface area contributed by atoms with Crippen LogP contribution < -0.4 is 5.32 Å². The molecular formula is C15H16FN3. The van der Waals surface area contributed by atoms with Gasteiger partial charge in [-0.2, -0.15) is 0 Å². The molecule has 1 aliphatic rings. The zero-order valence-corrected chi connectivity index (χ0v) is 11.1. The fourth-order valence-electron chi connectivity index (χ4n) is 2.41. The average Bonchev–Trinajstić information content (AvgIpc) is 2.42. The highest BCUT2D eigenvalue weighted by Crippen LogP contribution is 2.22. The third kappa shape index (κ3) is 2.24. The minimum atomic E-state index is -0.213. The van der Waals surface area contributed by atoms with Gasteiger partial charge in [0.25, 0.3) is 0 Å². The van der Waals surface area contributed by atoms with E-state index in [4.69, 9.17) is 0 Å². The number of nitrogens with one attached hydrogen (secondary N) is 1. The van der Waals surface area contributed by atoms with Crippen molar-refractivity contribution in [2.24, 2.45) is 0 Å². The van der Waals surface area contributed by atoms with Gasteiger partial charge in [-0.05, 0) is 44.0 Å². The molecule has 2 heterocycles. The molecule has 4 heteroatoms. The molecule has 0 fully saturated rings. The summed E-state index contributed by atoms with van der Waals surface area (Å²) in [7, 11) is 0. The van der Waals surface area contributed by atoms with Crippen molar-refractivity contribution in [2.75, 3.05) is 6.54 Å². The van der Waals surface area contributed by atoms with Gasteiger partial charge in [0.2, 0.25) is 0 Å². The van der Waals surface area contributed by atoms with Crippen LogP contribution in [0.3, 0.4) is 0 Å². The van der Waals surface area contributed by atoms with Crippen molar-refractivity contribution in [1.82, 2.24) is 15.3 Å². The second kappa shape index (κ2) is 4.70. The van der Waals surface area contributed by atoms with Crippen molar-refractivity contribution in [3.63, 3.8) is 0 Å². The average molecular weight is 257 g/mol. The molecule has 1 aromatic heterocycles. The molecule has 98 valence electrons. The molecule has 3 rings (SSSR count). The van der Waals surface area contributed by atoms with Gasteiger partial charge < -0.3 is 5.32 Å². The Kier molecular flexibility index (Phi) is 3.03. The molecule has 1 N–H and O–H groups in total. The van der Waals surface area contributed by atoms with E-state index in [1.165, 1.54) is 11.6 Å². The summed E-state index contributed by atoms with van der Waals surface area (Å²) in [5, 5.41) is 3.30. The predicted molar refractivity (Wildman–Crippen MR) is 72.3 cm³/mol. The smallest absolute Gasteiger partial charge is 0.159 e.